The Hall–Kier alpha value is -2.65. The summed E-state index contributed by atoms with van der Waals surface area (Å²) in [6, 6.07) is 9.83. The van der Waals surface area contributed by atoms with Crippen molar-refractivity contribution in [2.45, 2.75) is 20.0 Å². The molecule has 0 aliphatic carbocycles. The molecular formula is C17H18N6O2S. The number of hydrogen-bond donors (Lipinski definition) is 1. The number of carbonyl (C=O) groups is 1. The molecule has 0 unspecified atom stereocenters. The Bertz CT molecular complexity index is 903. The van der Waals surface area contributed by atoms with Gasteiger partial charge < -0.3 is 10.1 Å². The van der Waals surface area contributed by atoms with E-state index < -0.39 is 0 Å². The van der Waals surface area contributed by atoms with Crippen LogP contribution < -0.4 is 5.32 Å². The lowest BCUT2D eigenvalue weighted by Gasteiger charge is -2.37. The molecule has 0 spiro atoms. The number of nitrogens with one attached hydrogen (secondary N) is 1. The fraction of sp³-hybridized carbons (Fsp3) is 0.353. The highest BCUT2D eigenvalue weighted by atomic mass is 32.1. The van der Waals surface area contributed by atoms with Crippen LogP contribution in [0, 0.1) is 5.41 Å². The molecule has 3 heterocycles. The van der Waals surface area contributed by atoms with Crippen LogP contribution in [0.5, 0.6) is 0 Å². The Labute approximate surface area is 154 Å². The van der Waals surface area contributed by atoms with Crippen LogP contribution in [0.3, 0.4) is 0 Å². The normalized spacial score (nSPS) is 15.4. The summed E-state index contributed by atoms with van der Waals surface area (Å²) in [5.74, 6) is -0.275. The minimum absolute atomic E-state index is 0.0713. The number of benzene rings is 1. The molecule has 0 atom stereocenters. The Morgan fingerprint density at radius 2 is 2.08 bits per heavy atom. The molecule has 3 aromatic rings. The molecule has 9 heteroatoms. The smallest absolute Gasteiger partial charge is 0.273 e. The summed E-state index contributed by atoms with van der Waals surface area (Å²) in [5.41, 5.74) is 1.38. The molecule has 26 heavy (non-hydrogen) atoms. The van der Waals surface area contributed by atoms with Crippen molar-refractivity contribution in [1.29, 1.82) is 0 Å². The van der Waals surface area contributed by atoms with E-state index in [1.165, 1.54) is 11.3 Å². The Balaban J connectivity index is 1.34. The van der Waals surface area contributed by atoms with Crippen LogP contribution in [0.1, 0.15) is 22.4 Å². The number of rotatable bonds is 6. The monoisotopic (exact) mass is 370 g/mol. The van der Waals surface area contributed by atoms with Gasteiger partial charge in [-0.05, 0) is 0 Å². The molecule has 4 rings (SSSR count). The summed E-state index contributed by atoms with van der Waals surface area (Å²) < 4.78 is 6.92. The Kier molecular flexibility index (Phi) is 4.48. The van der Waals surface area contributed by atoms with Crippen molar-refractivity contribution in [3.8, 4) is 10.6 Å². The van der Waals surface area contributed by atoms with Gasteiger partial charge in [-0.1, -0.05) is 53.8 Å². The molecule has 2 aromatic heterocycles. The zero-order valence-corrected chi connectivity index (χ0v) is 15.1. The average Bonchev–Trinajstić information content (AvgIpc) is 3.29. The predicted octanol–water partition coefficient (Wildman–Crippen LogP) is 1.76. The largest absolute Gasteiger partial charge is 0.380 e. The van der Waals surface area contributed by atoms with E-state index in [1.807, 2.05) is 30.3 Å². The van der Waals surface area contributed by atoms with E-state index in [2.05, 4.69) is 32.7 Å². The maximum absolute atomic E-state index is 12.3. The molecule has 0 saturated carbocycles. The van der Waals surface area contributed by atoms with Gasteiger partial charge in [0.05, 0.1) is 32.5 Å². The number of nitrogens with zero attached hydrogens (tertiary/aromatic N) is 5. The number of carbonyl (C=O) groups excluding carboxylic acids is 1. The molecule has 1 aliphatic rings. The lowest BCUT2D eigenvalue weighted by molar-refractivity contribution is -0.111. The molecule has 1 N–H and O–H groups in total. The van der Waals surface area contributed by atoms with Crippen LogP contribution in [0.4, 0.5) is 0 Å². The van der Waals surface area contributed by atoms with Crippen LogP contribution in [0.25, 0.3) is 10.6 Å². The summed E-state index contributed by atoms with van der Waals surface area (Å²) in [7, 11) is 0. The van der Waals surface area contributed by atoms with Crippen molar-refractivity contribution in [2.24, 2.45) is 5.41 Å². The van der Waals surface area contributed by atoms with E-state index in [-0.39, 0.29) is 11.3 Å². The van der Waals surface area contributed by atoms with E-state index in [1.54, 1.807) is 10.9 Å². The van der Waals surface area contributed by atoms with Crippen LogP contribution in [0.2, 0.25) is 0 Å². The van der Waals surface area contributed by atoms with E-state index >= 15 is 0 Å². The summed E-state index contributed by atoms with van der Waals surface area (Å²) >= 11 is 1.45. The second-order valence-corrected chi connectivity index (χ2v) is 7.72. The number of hydrogen-bond acceptors (Lipinski definition) is 7. The minimum atomic E-state index is -0.275. The van der Waals surface area contributed by atoms with Gasteiger partial charge in [-0.2, -0.15) is 0 Å². The lowest BCUT2D eigenvalue weighted by Crippen LogP contribution is -2.43. The lowest BCUT2D eigenvalue weighted by atomic mass is 9.89. The third-order valence-corrected chi connectivity index (χ3v) is 5.08. The molecule has 1 fully saturated rings. The van der Waals surface area contributed by atoms with Crippen molar-refractivity contribution >= 4 is 17.2 Å². The standard InChI is InChI=1S/C17H18N6O2S/c1-17(10-25-11-17)9-23-8-13(19-22-23)15(24)18-7-14-20-21-16(26-14)12-5-3-2-4-6-12/h2-6,8H,7,9-11H2,1H3,(H,18,24). The second-order valence-electron chi connectivity index (χ2n) is 6.65. The zero-order valence-electron chi connectivity index (χ0n) is 14.3. The van der Waals surface area contributed by atoms with Crippen molar-refractivity contribution in [3.05, 3.63) is 47.2 Å². The van der Waals surface area contributed by atoms with Crippen molar-refractivity contribution in [1.82, 2.24) is 30.5 Å². The van der Waals surface area contributed by atoms with Crippen LogP contribution in [0.15, 0.2) is 36.5 Å². The summed E-state index contributed by atoms with van der Waals surface area (Å²) in [4.78, 5) is 12.3. The number of ether oxygens (including phenoxy) is 1. The quantitative estimate of drug-likeness (QED) is 0.710. The van der Waals surface area contributed by atoms with Gasteiger partial charge in [0.25, 0.3) is 5.91 Å². The van der Waals surface area contributed by atoms with Gasteiger partial charge in [0.15, 0.2) is 5.69 Å². The van der Waals surface area contributed by atoms with E-state index in [9.17, 15) is 4.79 Å². The first-order chi connectivity index (χ1) is 12.6. The third kappa shape index (κ3) is 3.63. The van der Waals surface area contributed by atoms with E-state index in [0.29, 0.717) is 32.0 Å². The SMILES string of the molecule is CC1(Cn2cc(C(=O)NCc3nnc(-c4ccccc4)s3)nn2)COC1. The molecule has 134 valence electrons. The second kappa shape index (κ2) is 6.93. The van der Waals surface area contributed by atoms with Crippen molar-refractivity contribution < 1.29 is 9.53 Å². The summed E-state index contributed by atoms with van der Waals surface area (Å²) in [6.45, 7) is 4.52. The first-order valence-electron chi connectivity index (χ1n) is 8.25. The van der Waals surface area contributed by atoms with E-state index in [0.717, 1.165) is 15.6 Å². The van der Waals surface area contributed by atoms with Gasteiger partial charge in [0.1, 0.15) is 10.0 Å². The first-order valence-corrected chi connectivity index (χ1v) is 9.07. The summed E-state index contributed by atoms with van der Waals surface area (Å²) in [6.07, 6.45) is 1.66. The van der Waals surface area contributed by atoms with Gasteiger partial charge in [-0.15, -0.1) is 15.3 Å². The minimum Gasteiger partial charge on any atom is -0.380 e. The highest BCUT2D eigenvalue weighted by Crippen LogP contribution is 2.28. The maximum atomic E-state index is 12.3. The van der Waals surface area contributed by atoms with Crippen LogP contribution >= 0.6 is 11.3 Å². The molecule has 1 aliphatic heterocycles. The average molecular weight is 370 g/mol. The molecule has 1 saturated heterocycles. The zero-order chi connectivity index (χ0) is 18.0. The van der Waals surface area contributed by atoms with Gasteiger partial charge >= 0.3 is 0 Å². The van der Waals surface area contributed by atoms with Gasteiger partial charge in [0.2, 0.25) is 0 Å². The van der Waals surface area contributed by atoms with Gasteiger partial charge in [-0.25, -0.2) is 0 Å². The topological polar surface area (TPSA) is 94.8 Å². The third-order valence-electron chi connectivity index (χ3n) is 4.10. The van der Waals surface area contributed by atoms with E-state index in [4.69, 9.17) is 4.74 Å². The predicted molar refractivity (Wildman–Crippen MR) is 95.5 cm³/mol. The van der Waals surface area contributed by atoms with Crippen LogP contribution in [-0.4, -0.2) is 44.3 Å². The fourth-order valence-electron chi connectivity index (χ4n) is 2.68. The van der Waals surface area contributed by atoms with Gasteiger partial charge in [0, 0.05) is 11.0 Å². The summed E-state index contributed by atoms with van der Waals surface area (Å²) in [5, 5.41) is 20.7. The Morgan fingerprint density at radius 1 is 1.27 bits per heavy atom. The maximum Gasteiger partial charge on any atom is 0.273 e. The first kappa shape index (κ1) is 16.8. The molecule has 1 aromatic carbocycles. The van der Waals surface area contributed by atoms with Crippen molar-refractivity contribution in [2.75, 3.05) is 13.2 Å². The molecule has 8 nitrogen and oxygen atoms in total. The molecule has 0 bridgehead atoms. The molecule has 1 amide bonds. The highest BCUT2D eigenvalue weighted by molar-refractivity contribution is 7.14. The number of aromatic nitrogens is 5. The van der Waals surface area contributed by atoms with Crippen molar-refractivity contribution in [3.63, 3.8) is 0 Å². The number of amides is 1. The highest BCUT2D eigenvalue weighted by Gasteiger charge is 2.34. The van der Waals surface area contributed by atoms with Crippen LogP contribution in [-0.2, 0) is 17.8 Å². The fourth-order valence-corrected chi connectivity index (χ4v) is 3.47. The molecule has 0 radical (unpaired) electrons. The van der Waals surface area contributed by atoms with Gasteiger partial charge in [-0.3, -0.25) is 9.48 Å². The molecular weight excluding hydrogens is 352 g/mol. The Morgan fingerprint density at radius 3 is 2.81 bits per heavy atom.